The van der Waals surface area contributed by atoms with Gasteiger partial charge in [-0.3, -0.25) is 10.1 Å². The molecule has 3 aromatic carbocycles. The van der Waals surface area contributed by atoms with Crippen LogP contribution in [0.4, 0.5) is 26.1 Å². The second-order valence-corrected chi connectivity index (χ2v) is 12.7. The Morgan fingerprint density at radius 3 is 2.37 bits per heavy atom. The van der Waals surface area contributed by atoms with Crippen molar-refractivity contribution in [3.63, 3.8) is 0 Å². The lowest BCUT2D eigenvalue weighted by atomic mass is 10.1. The van der Waals surface area contributed by atoms with Gasteiger partial charge in [0.05, 0.1) is 22.6 Å². The summed E-state index contributed by atoms with van der Waals surface area (Å²) in [6.45, 7) is 0. The monoisotopic (exact) mass is 599 g/mol. The largest absolute Gasteiger partial charge is 0.322 e. The second-order valence-electron chi connectivity index (χ2n) is 8.92. The number of non-ortho nitro benzene ring substituents is 1. The van der Waals surface area contributed by atoms with Gasteiger partial charge in [-0.25, -0.2) is 39.6 Å². The zero-order valence-electron chi connectivity index (χ0n) is 21.0. The van der Waals surface area contributed by atoms with E-state index in [0.717, 1.165) is 34.8 Å². The Labute approximate surface area is 232 Å². The van der Waals surface area contributed by atoms with Gasteiger partial charge in [0.15, 0.2) is 21.5 Å². The molecule has 0 unspecified atom stereocenters. The maximum absolute atomic E-state index is 15.1. The predicted molar refractivity (Wildman–Crippen MR) is 147 cm³/mol. The number of para-hydroxylation sites is 1. The molecule has 5 aromatic rings. The molecule has 15 heteroatoms. The second kappa shape index (κ2) is 10.3. The van der Waals surface area contributed by atoms with E-state index in [0.29, 0.717) is 5.56 Å². The molecule has 2 heterocycles. The Morgan fingerprint density at radius 2 is 1.68 bits per heavy atom. The van der Waals surface area contributed by atoms with Crippen LogP contribution in [0.1, 0.15) is 5.56 Å². The minimum Gasteiger partial charge on any atom is -0.322 e. The summed E-state index contributed by atoms with van der Waals surface area (Å²) in [5.74, 6) is -2.95. The highest BCUT2D eigenvalue weighted by molar-refractivity contribution is 7.90. The molecule has 0 aliphatic carbocycles. The van der Waals surface area contributed by atoms with Crippen LogP contribution in [0.15, 0.2) is 84.0 Å². The molecule has 0 aliphatic rings. The van der Waals surface area contributed by atoms with E-state index in [-0.39, 0.29) is 28.1 Å². The third-order valence-corrected chi connectivity index (χ3v) is 8.77. The van der Waals surface area contributed by atoms with Crippen molar-refractivity contribution in [2.24, 2.45) is 0 Å². The molecule has 0 saturated carbocycles. The van der Waals surface area contributed by atoms with Crippen molar-refractivity contribution in [2.45, 2.75) is 10.6 Å². The predicted octanol–water partition coefficient (Wildman–Crippen LogP) is 4.81. The van der Waals surface area contributed by atoms with Gasteiger partial charge in [0.2, 0.25) is 16.0 Å². The molecular weight excluding hydrogens is 580 g/mol. The van der Waals surface area contributed by atoms with E-state index in [9.17, 15) is 31.3 Å². The van der Waals surface area contributed by atoms with Crippen molar-refractivity contribution in [1.29, 1.82) is 0 Å². The Kier molecular flexibility index (Phi) is 7.00. The molecule has 0 saturated heterocycles. The number of aromatic nitrogens is 3. The van der Waals surface area contributed by atoms with Crippen LogP contribution in [0.5, 0.6) is 0 Å². The minimum atomic E-state index is -4.25. The van der Waals surface area contributed by atoms with Gasteiger partial charge in [0.25, 0.3) is 5.69 Å². The molecule has 0 aliphatic heterocycles. The molecular formula is C26H19F2N5O6S2. The third kappa shape index (κ3) is 5.36. The molecule has 0 amide bonds. The smallest absolute Gasteiger partial charge is 0.294 e. The molecule has 41 heavy (non-hydrogen) atoms. The standard InChI is InChI=1S/C26H19F2N5O6S2/c1-40(36,37)22-12-6-10-20(23(22)28)30-26-29-13-19(27)24(31-26)18-14-32(25-17(18)9-5-11-21(25)33(34)35)41(38,39)15-16-7-3-2-4-8-16/h2-14H,15H2,1H3,(H,29,30,31). The number of benzene rings is 3. The number of nitro benzene ring substituents is 1. The lowest BCUT2D eigenvalue weighted by molar-refractivity contribution is -0.383. The first-order valence-corrected chi connectivity index (χ1v) is 15.2. The molecule has 1 N–H and O–H groups in total. The minimum absolute atomic E-state index is 0.0182. The number of hydrogen-bond acceptors (Lipinski definition) is 9. The van der Waals surface area contributed by atoms with Crippen molar-refractivity contribution in [3.05, 3.63) is 106 Å². The van der Waals surface area contributed by atoms with Gasteiger partial charge in [-0.05, 0) is 17.7 Å². The first kappa shape index (κ1) is 27.8. The Bertz CT molecular complexity index is 2050. The highest BCUT2D eigenvalue weighted by Crippen LogP contribution is 2.37. The highest BCUT2D eigenvalue weighted by atomic mass is 32.2. The number of hydrogen-bond donors (Lipinski definition) is 1. The highest BCUT2D eigenvalue weighted by Gasteiger charge is 2.28. The van der Waals surface area contributed by atoms with E-state index in [1.807, 2.05) is 0 Å². The van der Waals surface area contributed by atoms with Crippen molar-refractivity contribution >= 4 is 48.1 Å². The molecule has 0 spiro atoms. The van der Waals surface area contributed by atoms with Gasteiger partial charge < -0.3 is 5.32 Å². The summed E-state index contributed by atoms with van der Waals surface area (Å²) >= 11 is 0. The zero-order chi connectivity index (χ0) is 29.5. The summed E-state index contributed by atoms with van der Waals surface area (Å²) in [5, 5.41) is 14.4. The molecule has 2 aromatic heterocycles. The van der Waals surface area contributed by atoms with Crippen LogP contribution in [0, 0.1) is 21.7 Å². The van der Waals surface area contributed by atoms with Crippen LogP contribution >= 0.6 is 0 Å². The van der Waals surface area contributed by atoms with E-state index in [1.165, 1.54) is 24.3 Å². The van der Waals surface area contributed by atoms with E-state index < -0.39 is 58.4 Å². The van der Waals surface area contributed by atoms with Gasteiger partial charge in [-0.2, -0.15) is 0 Å². The number of anilines is 2. The number of halogens is 2. The SMILES string of the molecule is CS(=O)(=O)c1cccc(Nc2ncc(F)c(-c3cn(S(=O)(=O)Cc4ccccc4)c4c([N+](=O)[O-])cccc34)n2)c1F. The molecule has 11 nitrogen and oxygen atoms in total. The summed E-state index contributed by atoms with van der Waals surface area (Å²) in [4.78, 5) is 18.4. The molecule has 0 fully saturated rings. The number of nitro groups is 1. The van der Waals surface area contributed by atoms with Crippen molar-refractivity contribution in [1.82, 2.24) is 13.9 Å². The lowest BCUT2D eigenvalue weighted by Gasteiger charge is -2.10. The zero-order valence-corrected chi connectivity index (χ0v) is 22.7. The van der Waals surface area contributed by atoms with Crippen molar-refractivity contribution < 1.29 is 30.5 Å². The van der Waals surface area contributed by atoms with Crippen LogP contribution in [0.2, 0.25) is 0 Å². The molecule has 0 atom stereocenters. The van der Waals surface area contributed by atoms with E-state index in [2.05, 4.69) is 15.3 Å². The van der Waals surface area contributed by atoms with Crippen molar-refractivity contribution in [2.75, 3.05) is 11.6 Å². The van der Waals surface area contributed by atoms with E-state index in [4.69, 9.17) is 0 Å². The molecule has 0 bridgehead atoms. The van der Waals surface area contributed by atoms with Gasteiger partial charge in [0, 0.05) is 29.5 Å². The number of fused-ring (bicyclic) bond motifs is 1. The Morgan fingerprint density at radius 1 is 0.976 bits per heavy atom. The van der Waals surface area contributed by atoms with Crippen LogP contribution < -0.4 is 5.32 Å². The summed E-state index contributed by atoms with van der Waals surface area (Å²) < 4.78 is 81.5. The first-order chi connectivity index (χ1) is 19.4. The normalized spacial score (nSPS) is 12.0. The van der Waals surface area contributed by atoms with Crippen LogP contribution in [0.25, 0.3) is 22.2 Å². The van der Waals surface area contributed by atoms with Gasteiger partial charge >= 0.3 is 0 Å². The maximum atomic E-state index is 15.1. The first-order valence-electron chi connectivity index (χ1n) is 11.7. The number of nitrogens with zero attached hydrogens (tertiary/aromatic N) is 4. The molecule has 210 valence electrons. The van der Waals surface area contributed by atoms with Crippen LogP contribution in [-0.4, -0.2) is 42.0 Å². The fourth-order valence-electron chi connectivity index (χ4n) is 4.27. The van der Waals surface area contributed by atoms with Gasteiger partial charge in [-0.15, -0.1) is 0 Å². The Hall–Kier alpha value is -4.76. The average Bonchev–Trinajstić information content (AvgIpc) is 3.31. The van der Waals surface area contributed by atoms with Crippen molar-refractivity contribution in [3.8, 4) is 11.3 Å². The van der Waals surface area contributed by atoms with Gasteiger partial charge in [-0.1, -0.05) is 48.5 Å². The number of sulfone groups is 1. The number of nitrogens with one attached hydrogen (secondary N) is 1. The number of rotatable bonds is 8. The van der Waals surface area contributed by atoms with E-state index >= 15 is 4.39 Å². The lowest BCUT2D eigenvalue weighted by Crippen LogP contribution is -2.14. The fourth-order valence-corrected chi connectivity index (χ4v) is 6.52. The summed E-state index contributed by atoms with van der Waals surface area (Å²) in [6.07, 6.45) is 2.63. The average molecular weight is 600 g/mol. The fraction of sp³-hybridized carbons (Fsp3) is 0.0769. The third-order valence-electron chi connectivity index (χ3n) is 6.07. The molecule has 0 radical (unpaired) electrons. The summed E-state index contributed by atoms with van der Waals surface area (Å²) in [7, 11) is -8.16. The van der Waals surface area contributed by atoms with Gasteiger partial charge in [0.1, 0.15) is 16.1 Å². The van der Waals surface area contributed by atoms with Crippen LogP contribution in [-0.2, 0) is 25.6 Å². The van der Waals surface area contributed by atoms with E-state index in [1.54, 1.807) is 30.3 Å². The Balaban J connectivity index is 1.67. The molecule has 5 rings (SSSR count). The summed E-state index contributed by atoms with van der Waals surface area (Å²) in [6, 6.07) is 15.6. The topological polar surface area (TPSA) is 154 Å². The quantitative estimate of drug-likeness (QED) is 0.195. The maximum Gasteiger partial charge on any atom is 0.294 e. The van der Waals surface area contributed by atoms with Crippen LogP contribution in [0.3, 0.4) is 0 Å². The summed E-state index contributed by atoms with van der Waals surface area (Å²) in [5.41, 5.74) is -1.24.